The molecule has 3 rings (SSSR count). The second-order valence-electron chi connectivity index (χ2n) is 4.68. The van der Waals surface area contributed by atoms with Crippen LogP contribution in [0.25, 0.3) is 0 Å². The van der Waals surface area contributed by atoms with E-state index in [1.165, 1.54) is 19.5 Å². The van der Waals surface area contributed by atoms with Gasteiger partial charge < -0.3 is 14.7 Å². The molecule has 16 heavy (non-hydrogen) atoms. The van der Waals surface area contributed by atoms with E-state index in [1.54, 1.807) is 6.07 Å². The number of phenolic OH excluding ortho intramolecular Hbond substituents is 1. The van der Waals surface area contributed by atoms with Gasteiger partial charge in [-0.2, -0.15) is 0 Å². The van der Waals surface area contributed by atoms with Crippen LogP contribution >= 0.6 is 0 Å². The van der Waals surface area contributed by atoms with Gasteiger partial charge in [-0.25, -0.2) is 0 Å². The van der Waals surface area contributed by atoms with Gasteiger partial charge in [-0.1, -0.05) is 6.07 Å². The molecule has 3 nitrogen and oxygen atoms in total. The zero-order chi connectivity index (χ0) is 11.0. The lowest BCUT2D eigenvalue weighted by Crippen LogP contribution is -2.40. The molecule has 0 amide bonds. The average molecular weight is 219 g/mol. The molecule has 1 atom stereocenters. The Morgan fingerprint density at radius 2 is 2.25 bits per heavy atom. The molecular weight excluding hydrogens is 202 g/mol. The van der Waals surface area contributed by atoms with Gasteiger partial charge in [0.15, 0.2) is 0 Å². The second-order valence-corrected chi connectivity index (χ2v) is 4.68. The smallest absolute Gasteiger partial charge is 0.126 e. The molecule has 3 heteroatoms. The zero-order valence-electron chi connectivity index (χ0n) is 9.35. The van der Waals surface area contributed by atoms with Gasteiger partial charge in [-0.05, 0) is 38.1 Å². The van der Waals surface area contributed by atoms with Crippen molar-refractivity contribution in [2.24, 2.45) is 0 Å². The van der Waals surface area contributed by atoms with E-state index in [0.717, 1.165) is 30.9 Å². The lowest BCUT2D eigenvalue weighted by Gasteiger charge is -2.36. The number of benzene rings is 1. The van der Waals surface area contributed by atoms with E-state index in [4.69, 9.17) is 4.74 Å². The summed E-state index contributed by atoms with van der Waals surface area (Å²) in [6.07, 6.45) is 2.33. The van der Waals surface area contributed by atoms with Gasteiger partial charge in [0.25, 0.3) is 0 Å². The van der Waals surface area contributed by atoms with E-state index in [0.29, 0.717) is 11.7 Å². The van der Waals surface area contributed by atoms with Crippen LogP contribution in [-0.4, -0.2) is 36.2 Å². The first kappa shape index (κ1) is 9.97. The minimum Gasteiger partial charge on any atom is -0.508 e. The van der Waals surface area contributed by atoms with Gasteiger partial charge in [0.2, 0.25) is 0 Å². The number of aromatic hydroxyl groups is 1. The molecule has 1 N–H and O–H groups in total. The zero-order valence-corrected chi connectivity index (χ0v) is 9.35. The molecule has 1 saturated heterocycles. The normalized spacial score (nSPS) is 24.4. The highest BCUT2D eigenvalue weighted by Gasteiger charge is 2.27. The Morgan fingerprint density at radius 3 is 3.00 bits per heavy atom. The summed E-state index contributed by atoms with van der Waals surface area (Å²) >= 11 is 0. The fraction of sp³-hybridized carbons (Fsp3) is 0.538. The predicted molar refractivity (Wildman–Crippen MR) is 62.0 cm³/mol. The van der Waals surface area contributed by atoms with Crippen LogP contribution in [0.3, 0.4) is 0 Å². The van der Waals surface area contributed by atoms with E-state index >= 15 is 0 Å². The van der Waals surface area contributed by atoms with Crippen LogP contribution < -0.4 is 4.74 Å². The number of fused-ring (bicyclic) bond motifs is 1. The summed E-state index contributed by atoms with van der Waals surface area (Å²) in [7, 11) is 0. The van der Waals surface area contributed by atoms with E-state index in [-0.39, 0.29) is 0 Å². The Kier molecular flexibility index (Phi) is 2.48. The Labute approximate surface area is 95.6 Å². The van der Waals surface area contributed by atoms with Crippen LogP contribution in [0.5, 0.6) is 11.5 Å². The number of likely N-dealkylation sites (tertiary alicyclic amines) is 1. The molecule has 0 saturated carbocycles. The van der Waals surface area contributed by atoms with Crippen molar-refractivity contribution in [2.75, 3.05) is 26.2 Å². The van der Waals surface area contributed by atoms with Crippen molar-refractivity contribution in [2.45, 2.75) is 18.8 Å². The molecule has 0 bridgehead atoms. The highest BCUT2D eigenvalue weighted by atomic mass is 16.5. The third-order valence-corrected chi connectivity index (χ3v) is 3.60. The van der Waals surface area contributed by atoms with Gasteiger partial charge in [-0.3, -0.25) is 0 Å². The maximum Gasteiger partial charge on any atom is 0.126 e. The summed E-state index contributed by atoms with van der Waals surface area (Å²) < 4.78 is 5.59. The Balaban J connectivity index is 1.86. The Hall–Kier alpha value is -1.22. The quantitative estimate of drug-likeness (QED) is 0.825. The van der Waals surface area contributed by atoms with E-state index in [9.17, 15) is 5.11 Å². The minimum absolute atomic E-state index is 0.391. The van der Waals surface area contributed by atoms with Crippen molar-refractivity contribution in [3.8, 4) is 11.5 Å². The van der Waals surface area contributed by atoms with Crippen molar-refractivity contribution in [3.05, 3.63) is 23.8 Å². The Bertz CT molecular complexity index is 388. The molecule has 1 fully saturated rings. The maximum atomic E-state index is 9.93. The summed E-state index contributed by atoms with van der Waals surface area (Å²) in [5, 5.41) is 9.93. The van der Waals surface area contributed by atoms with Gasteiger partial charge in [0.1, 0.15) is 11.5 Å². The van der Waals surface area contributed by atoms with E-state index < -0.39 is 0 Å². The first-order chi connectivity index (χ1) is 7.84. The number of rotatable bonds is 2. The Morgan fingerprint density at radius 1 is 1.38 bits per heavy atom. The average Bonchev–Trinajstić information content (AvgIpc) is 2.24. The number of ether oxygens (including phenoxy) is 1. The molecule has 0 aliphatic carbocycles. The molecule has 0 radical (unpaired) electrons. The van der Waals surface area contributed by atoms with Crippen molar-refractivity contribution in [1.82, 2.24) is 4.90 Å². The molecule has 1 unspecified atom stereocenters. The van der Waals surface area contributed by atoms with Crippen LogP contribution in [0, 0.1) is 0 Å². The fourth-order valence-electron chi connectivity index (χ4n) is 2.58. The van der Waals surface area contributed by atoms with Gasteiger partial charge >= 0.3 is 0 Å². The van der Waals surface area contributed by atoms with Crippen molar-refractivity contribution in [1.29, 1.82) is 0 Å². The number of nitrogens with zero attached hydrogens (tertiary/aromatic N) is 1. The topological polar surface area (TPSA) is 32.7 Å². The van der Waals surface area contributed by atoms with Gasteiger partial charge in [0, 0.05) is 18.0 Å². The largest absolute Gasteiger partial charge is 0.508 e. The summed E-state index contributed by atoms with van der Waals surface area (Å²) in [6, 6.07) is 5.56. The van der Waals surface area contributed by atoms with E-state index in [2.05, 4.69) is 4.90 Å². The monoisotopic (exact) mass is 219 g/mol. The lowest BCUT2D eigenvalue weighted by atomic mass is 9.91. The minimum atomic E-state index is 0.391. The van der Waals surface area contributed by atoms with Gasteiger partial charge in [0.05, 0.1) is 6.61 Å². The van der Waals surface area contributed by atoms with Gasteiger partial charge in [-0.15, -0.1) is 0 Å². The molecule has 2 aliphatic heterocycles. The fourth-order valence-corrected chi connectivity index (χ4v) is 2.58. The third-order valence-electron chi connectivity index (χ3n) is 3.60. The SMILES string of the molecule is Oc1cccc2c1C(CN1CCC1)CCO2. The van der Waals surface area contributed by atoms with Crippen LogP contribution in [0.15, 0.2) is 18.2 Å². The van der Waals surface area contributed by atoms with Crippen LogP contribution in [0.2, 0.25) is 0 Å². The molecular formula is C13H17NO2. The molecule has 0 spiro atoms. The number of phenols is 1. The summed E-state index contributed by atoms with van der Waals surface area (Å²) in [6.45, 7) is 4.25. The summed E-state index contributed by atoms with van der Waals surface area (Å²) in [4.78, 5) is 2.45. The van der Waals surface area contributed by atoms with Crippen LogP contribution in [-0.2, 0) is 0 Å². The molecule has 1 aromatic carbocycles. The summed E-state index contributed by atoms with van der Waals surface area (Å²) in [5.74, 6) is 1.70. The van der Waals surface area contributed by atoms with Crippen molar-refractivity contribution >= 4 is 0 Å². The van der Waals surface area contributed by atoms with Crippen LogP contribution in [0.4, 0.5) is 0 Å². The highest BCUT2D eigenvalue weighted by molar-refractivity contribution is 5.47. The molecule has 2 aliphatic rings. The summed E-state index contributed by atoms with van der Waals surface area (Å²) in [5.41, 5.74) is 1.01. The van der Waals surface area contributed by atoms with Crippen molar-refractivity contribution < 1.29 is 9.84 Å². The predicted octanol–water partition coefficient (Wildman–Crippen LogP) is 1.96. The second kappa shape index (κ2) is 3.98. The van der Waals surface area contributed by atoms with E-state index in [1.807, 2.05) is 12.1 Å². The first-order valence-corrected chi connectivity index (χ1v) is 6.01. The molecule has 86 valence electrons. The standard InChI is InChI=1S/C13H17NO2/c15-11-3-1-4-12-13(11)10(5-8-16-12)9-14-6-2-7-14/h1,3-4,10,15H,2,5-9H2. The van der Waals surface area contributed by atoms with Crippen molar-refractivity contribution in [3.63, 3.8) is 0 Å². The molecule has 1 aromatic rings. The molecule has 0 aromatic heterocycles. The maximum absolute atomic E-state index is 9.93. The lowest BCUT2D eigenvalue weighted by molar-refractivity contribution is 0.151. The number of hydrogen-bond donors (Lipinski definition) is 1. The number of hydrogen-bond acceptors (Lipinski definition) is 3. The highest BCUT2D eigenvalue weighted by Crippen LogP contribution is 2.40. The third kappa shape index (κ3) is 1.65. The molecule has 2 heterocycles. The van der Waals surface area contributed by atoms with Crippen LogP contribution in [0.1, 0.15) is 24.3 Å². The first-order valence-electron chi connectivity index (χ1n) is 6.01.